The summed E-state index contributed by atoms with van der Waals surface area (Å²) in [6, 6.07) is 15.9. The van der Waals surface area contributed by atoms with Gasteiger partial charge in [0.1, 0.15) is 5.82 Å². The third kappa shape index (κ3) is 4.01. The molecule has 1 aromatic heterocycles. The molecule has 3 aromatic carbocycles. The first-order chi connectivity index (χ1) is 21.6. The molecule has 0 unspecified atom stereocenters. The van der Waals surface area contributed by atoms with E-state index >= 15 is 0 Å². The van der Waals surface area contributed by atoms with E-state index in [1.54, 1.807) is 36.4 Å². The maximum absolute atomic E-state index is 15.0. The molecule has 230 valence electrons. The SMILES string of the molecule is COc1ccc([C@H]2C3=CCn4c(=O)n(C)c(=O)n4[C@@H]3C[C@H]3C(=O)N(Nc4ccc(F)cc4)C(=O)[C@@]23c2ccc(Cl)cc2)cc1O. The standard InChI is InChI=1S/C32H27ClFN5O6/c1-36-30(43)37-14-13-22-24(39(37)31(36)44)16-23-28(41)38(35-21-10-8-20(34)9-11-21)29(42)32(23,18-4-6-19(33)7-5-18)27(22)17-3-12-26(45-2)25(40)15-17/h3-13,15,23-24,27,35,40H,14,16H2,1-2H3/t23-,24+,27-,32+/m0/s1. The molecule has 4 atom stereocenters. The number of aromatic hydroxyl groups is 1. The Morgan fingerprint density at radius 2 is 1.71 bits per heavy atom. The van der Waals surface area contributed by atoms with E-state index < -0.39 is 52.3 Å². The highest BCUT2D eigenvalue weighted by Crippen LogP contribution is 2.62. The zero-order valence-corrected chi connectivity index (χ0v) is 24.9. The largest absolute Gasteiger partial charge is 0.504 e. The Kier molecular flexibility index (Phi) is 6.52. The molecule has 45 heavy (non-hydrogen) atoms. The Bertz CT molecular complexity index is 2030. The van der Waals surface area contributed by atoms with Gasteiger partial charge in [-0.15, -0.1) is 0 Å². The summed E-state index contributed by atoms with van der Waals surface area (Å²) in [6.45, 7) is 0.0560. The van der Waals surface area contributed by atoms with Crippen LogP contribution in [-0.4, -0.2) is 43.0 Å². The number of benzene rings is 3. The number of nitrogens with zero attached hydrogens (tertiary/aromatic N) is 4. The van der Waals surface area contributed by atoms with E-state index in [4.69, 9.17) is 16.3 Å². The van der Waals surface area contributed by atoms with Crippen LogP contribution in [0.15, 0.2) is 88.0 Å². The minimum Gasteiger partial charge on any atom is -0.504 e. The van der Waals surface area contributed by atoms with E-state index in [2.05, 4.69) is 5.43 Å². The molecular formula is C32H27ClFN5O6. The molecule has 0 radical (unpaired) electrons. The smallest absolute Gasteiger partial charge is 0.347 e. The van der Waals surface area contributed by atoms with Crippen molar-refractivity contribution in [1.29, 1.82) is 0 Å². The molecule has 1 saturated heterocycles. The van der Waals surface area contributed by atoms with Gasteiger partial charge in [0, 0.05) is 18.0 Å². The van der Waals surface area contributed by atoms with Crippen LogP contribution in [0.2, 0.25) is 5.02 Å². The lowest BCUT2D eigenvalue weighted by molar-refractivity contribution is -0.138. The Balaban J connectivity index is 1.51. The number of phenolic OH excluding ortho intramolecular Hbond substituents is 1. The Morgan fingerprint density at radius 3 is 2.38 bits per heavy atom. The zero-order chi connectivity index (χ0) is 31.8. The molecule has 1 aliphatic carbocycles. The van der Waals surface area contributed by atoms with Gasteiger partial charge in [-0.3, -0.25) is 15.0 Å². The lowest BCUT2D eigenvalue weighted by Crippen LogP contribution is -2.53. The average molecular weight is 632 g/mol. The maximum Gasteiger partial charge on any atom is 0.347 e. The number of imide groups is 1. The van der Waals surface area contributed by atoms with Crippen LogP contribution in [0.5, 0.6) is 11.5 Å². The fourth-order valence-corrected chi connectivity index (χ4v) is 7.41. The topological polar surface area (TPSA) is 128 Å². The fraction of sp³-hybridized carbons (Fsp3) is 0.250. The quantitative estimate of drug-likeness (QED) is 0.255. The summed E-state index contributed by atoms with van der Waals surface area (Å²) in [4.78, 5) is 55.8. The summed E-state index contributed by atoms with van der Waals surface area (Å²) >= 11 is 6.28. The van der Waals surface area contributed by atoms with Crippen molar-refractivity contribution in [1.82, 2.24) is 18.9 Å². The van der Waals surface area contributed by atoms with Gasteiger partial charge in [-0.05, 0) is 71.7 Å². The number of rotatable bonds is 5. The molecule has 11 nitrogen and oxygen atoms in total. The number of ether oxygens (including phenoxy) is 1. The molecule has 2 aliphatic heterocycles. The Hall–Kier alpha value is -5.10. The first-order valence-corrected chi connectivity index (χ1v) is 14.6. The molecule has 4 aromatic rings. The van der Waals surface area contributed by atoms with Crippen LogP contribution in [0, 0.1) is 11.7 Å². The second-order valence-corrected chi connectivity index (χ2v) is 11.8. The van der Waals surface area contributed by atoms with Crippen LogP contribution in [0.3, 0.4) is 0 Å². The van der Waals surface area contributed by atoms with Crippen LogP contribution >= 0.6 is 11.6 Å². The molecule has 1 saturated carbocycles. The second-order valence-electron chi connectivity index (χ2n) is 11.4. The summed E-state index contributed by atoms with van der Waals surface area (Å²) in [5, 5.41) is 12.3. The van der Waals surface area contributed by atoms with Gasteiger partial charge in [-0.25, -0.2) is 27.9 Å². The first-order valence-electron chi connectivity index (χ1n) is 14.2. The summed E-state index contributed by atoms with van der Waals surface area (Å²) in [5.41, 5.74) is 2.21. The predicted octanol–water partition coefficient (Wildman–Crippen LogP) is 3.47. The number of methoxy groups -OCH3 is 1. The maximum atomic E-state index is 15.0. The summed E-state index contributed by atoms with van der Waals surface area (Å²) < 4.78 is 22.7. The second kappa shape index (κ2) is 10.2. The number of halogens is 2. The molecule has 3 aliphatic rings. The number of fused-ring (bicyclic) bond motifs is 4. The highest BCUT2D eigenvalue weighted by molar-refractivity contribution is 6.30. The first kappa shape index (κ1) is 28.7. The Morgan fingerprint density at radius 1 is 1.00 bits per heavy atom. The minimum atomic E-state index is -1.57. The predicted molar refractivity (Wildman–Crippen MR) is 162 cm³/mol. The van der Waals surface area contributed by atoms with Crippen LogP contribution in [0.4, 0.5) is 10.1 Å². The van der Waals surface area contributed by atoms with Gasteiger partial charge in [0.15, 0.2) is 11.5 Å². The fourth-order valence-electron chi connectivity index (χ4n) is 7.29. The normalized spacial score (nSPS) is 23.7. The van der Waals surface area contributed by atoms with Crippen molar-refractivity contribution in [3.8, 4) is 11.5 Å². The van der Waals surface area contributed by atoms with Crippen LogP contribution in [0.1, 0.15) is 29.5 Å². The minimum absolute atomic E-state index is 0.0165. The number of amides is 2. The summed E-state index contributed by atoms with van der Waals surface area (Å²) in [6.07, 6.45) is 1.84. The average Bonchev–Trinajstić information content (AvgIpc) is 3.38. The number of anilines is 1. The number of hydrazine groups is 1. The third-order valence-corrected chi connectivity index (χ3v) is 9.50. The highest BCUT2D eigenvalue weighted by atomic mass is 35.5. The number of aromatic nitrogens is 3. The number of hydrogen-bond donors (Lipinski definition) is 2. The van der Waals surface area contributed by atoms with E-state index in [-0.39, 0.29) is 24.5 Å². The highest BCUT2D eigenvalue weighted by Gasteiger charge is 2.68. The van der Waals surface area contributed by atoms with E-state index in [1.807, 2.05) is 6.08 Å². The van der Waals surface area contributed by atoms with Gasteiger partial charge in [-0.1, -0.05) is 35.9 Å². The number of hydrogen-bond acceptors (Lipinski definition) is 7. The van der Waals surface area contributed by atoms with E-state index in [0.29, 0.717) is 27.4 Å². The lowest BCUT2D eigenvalue weighted by atomic mass is 9.53. The molecule has 2 fully saturated rings. The van der Waals surface area contributed by atoms with E-state index in [1.165, 1.54) is 53.9 Å². The number of allylic oxidation sites excluding steroid dienone is 2. The van der Waals surface area contributed by atoms with Crippen molar-refractivity contribution in [3.05, 3.63) is 121 Å². The van der Waals surface area contributed by atoms with Gasteiger partial charge in [0.2, 0.25) is 0 Å². The van der Waals surface area contributed by atoms with Gasteiger partial charge in [0.05, 0.1) is 36.7 Å². The van der Waals surface area contributed by atoms with Crippen LogP contribution in [0.25, 0.3) is 0 Å². The lowest BCUT2D eigenvalue weighted by Gasteiger charge is -2.49. The van der Waals surface area contributed by atoms with Gasteiger partial charge < -0.3 is 9.84 Å². The van der Waals surface area contributed by atoms with Gasteiger partial charge >= 0.3 is 11.4 Å². The molecule has 7 rings (SSSR count). The van der Waals surface area contributed by atoms with Crippen molar-refractivity contribution in [3.63, 3.8) is 0 Å². The van der Waals surface area contributed by atoms with Crippen LogP contribution < -0.4 is 21.5 Å². The van der Waals surface area contributed by atoms with Gasteiger partial charge in [0.25, 0.3) is 11.8 Å². The van der Waals surface area contributed by atoms with Gasteiger partial charge in [-0.2, -0.15) is 5.01 Å². The Labute approximate surface area is 260 Å². The number of nitrogens with one attached hydrogen (secondary N) is 1. The number of phenols is 1. The molecule has 3 heterocycles. The third-order valence-electron chi connectivity index (χ3n) is 9.25. The molecule has 0 bridgehead atoms. The molecule has 2 amide bonds. The summed E-state index contributed by atoms with van der Waals surface area (Å²) in [5.74, 6) is -3.51. The van der Waals surface area contributed by atoms with Crippen molar-refractivity contribution in [2.75, 3.05) is 12.5 Å². The molecule has 0 spiro atoms. The van der Waals surface area contributed by atoms with Crippen molar-refractivity contribution < 1.29 is 23.8 Å². The van der Waals surface area contributed by atoms with E-state index in [0.717, 1.165) is 9.58 Å². The van der Waals surface area contributed by atoms with Crippen molar-refractivity contribution in [2.45, 2.75) is 30.3 Å². The number of carbonyl (C=O) groups is 2. The van der Waals surface area contributed by atoms with E-state index in [9.17, 15) is 28.7 Å². The zero-order valence-electron chi connectivity index (χ0n) is 24.1. The van der Waals surface area contributed by atoms with Crippen molar-refractivity contribution in [2.24, 2.45) is 13.0 Å². The monoisotopic (exact) mass is 631 g/mol. The summed E-state index contributed by atoms with van der Waals surface area (Å²) in [7, 11) is 2.81. The molecule has 13 heteroatoms. The molecule has 2 N–H and O–H groups in total. The molecular weight excluding hydrogens is 605 g/mol. The van der Waals surface area contributed by atoms with Crippen molar-refractivity contribution >= 4 is 29.1 Å². The van der Waals surface area contributed by atoms with Crippen LogP contribution in [-0.2, 0) is 28.6 Å². The number of carbonyl (C=O) groups excluding carboxylic acids is 2.